The molecule has 0 atom stereocenters. The summed E-state index contributed by atoms with van der Waals surface area (Å²) in [5, 5.41) is 5.71. The third kappa shape index (κ3) is 7.27. The Morgan fingerprint density at radius 1 is 0.656 bits per heavy atom. The van der Waals surface area contributed by atoms with Crippen LogP contribution in [0.5, 0.6) is 5.75 Å². The minimum absolute atomic E-state index is 0.175. The lowest BCUT2D eigenvalue weighted by atomic mass is 10.1. The largest absolute Gasteiger partial charge is 0.494 e. The van der Waals surface area contributed by atoms with Gasteiger partial charge in [-0.2, -0.15) is 0 Å². The maximum atomic E-state index is 12.5. The van der Waals surface area contributed by atoms with Crippen LogP contribution < -0.4 is 15.4 Å². The quantitative estimate of drug-likeness (QED) is 0.339. The number of amides is 2. The molecule has 0 saturated heterocycles. The van der Waals surface area contributed by atoms with Gasteiger partial charge in [-0.05, 0) is 67.1 Å². The van der Waals surface area contributed by atoms with E-state index in [9.17, 15) is 9.59 Å². The first kappa shape index (κ1) is 23.1. The van der Waals surface area contributed by atoms with E-state index in [2.05, 4.69) is 17.6 Å². The number of rotatable bonds is 11. The fourth-order valence-electron chi connectivity index (χ4n) is 3.23. The van der Waals surface area contributed by atoms with E-state index in [0.717, 1.165) is 12.2 Å². The smallest absolute Gasteiger partial charge is 0.255 e. The number of carbonyl (C=O) groups excluding carboxylic acids is 2. The van der Waals surface area contributed by atoms with Gasteiger partial charge in [-0.3, -0.25) is 9.59 Å². The minimum Gasteiger partial charge on any atom is -0.494 e. The van der Waals surface area contributed by atoms with Gasteiger partial charge in [0.2, 0.25) is 0 Å². The highest BCUT2D eigenvalue weighted by atomic mass is 16.5. The molecule has 3 rings (SSSR count). The van der Waals surface area contributed by atoms with Crippen molar-refractivity contribution in [2.75, 3.05) is 17.2 Å². The second-order valence-electron chi connectivity index (χ2n) is 7.64. The fourth-order valence-corrected chi connectivity index (χ4v) is 3.23. The molecular weight excluding hydrogens is 400 g/mol. The van der Waals surface area contributed by atoms with Crippen molar-refractivity contribution in [3.8, 4) is 5.75 Å². The molecule has 0 spiro atoms. The van der Waals surface area contributed by atoms with Crippen LogP contribution >= 0.6 is 0 Å². The van der Waals surface area contributed by atoms with Crippen LogP contribution in [0.4, 0.5) is 11.4 Å². The van der Waals surface area contributed by atoms with Gasteiger partial charge in [-0.15, -0.1) is 0 Å². The van der Waals surface area contributed by atoms with E-state index in [4.69, 9.17) is 4.74 Å². The molecule has 0 aliphatic rings. The zero-order valence-corrected chi connectivity index (χ0v) is 18.5. The van der Waals surface area contributed by atoms with Gasteiger partial charge in [-0.25, -0.2) is 0 Å². The van der Waals surface area contributed by atoms with Crippen molar-refractivity contribution >= 4 is 23.2 Å². The molecule has 166 valence electrons. The number of hydrogen-bond donors (Lipinski definition) is 2. The van der Waals surface area contributed by atoms with E-state index in [-0.39, 0.29) is 11.8 Å². The van der Waals surface area contributed by atoms with Crippen LogP contribution in [0.15, 0.2) is 78.9 Å². The zero-order valence-electron chi connectivity index (χ0n) is 18.5. The van der Waals surface area contributed by atoms with Gasteiger partial charge in [-0.1, -0.05) is 50.8 Å². The normalized spacial score (nSPS) is 10.4. The second-order valence-corrected chi connectivity index (χ2v) is 7.64. The molecule has 2 N–H and O–H groups in total. The molecule has 3 aromatic carbocycles. The van der Waals surface area contributed by atoms with Crippen LogP contribution in [-0.2, 0) is 0 Å². The topological polar surface area (TPSA) is 67.4 Å². The monoisotopic (exact) mass is 430 g/mol. The molecule has 2 amide bonds. The number of hydrogen-bond acceptors (Lipinski definition) is 3. The van der Waals surface area contributed by atoms with Crippen molar-refractivity contribution in [1.29, 1.82) is 0 Å². The summed E-state index contributed by atoms with van der Waals surface area (Å²) in [7, 11) is 0. The van der Waals surface area contributed by atoms with Crippen molar-refractivity contribution in [2.24, 2.45) is 0 Å². The van der Waals surface area contributed by atoms with Crippen molar-refractivity contribution in [1.82, 2.24) is 0 Å². The van der Waals surface area contributed by atoms with Crippen LogP contribution in [0.25, 0.3) is 0 Å². The lowest BCUT2D eigenvalue weighted by Crippen LogP contribution is -2.13. The van der Waals surface area contributed by atoms with Gasteiger partial charge in [0.25, 0.3) is 11.8 Å². The van der Waals surface area contributed by atoms with Crippen LogP contribution in [0.3, 0.4) is 0 Å². The van der Waals surface area contributed by atoms with Gasteiger partial charge in [0, 0.05) is 22.5 Å². The Morgan fingerprint density at radius 2 is 1.19 bits per heavy atom. The van der Waals surface area contributed by atoms with E-state index in [1.54, 1.807) is 48.5 Å². The maximum Gasteiger partial charge on any atom is 0.255 e. The van der Waals surface area contributed by atoms with Gasteiger partial charge in [0.05, 0.1) is 6.61 Å². The molecule has 0 heterocycles. The predicted molar refractivity (Wildman–Crippen MR) is 129 cm³/mol. The van der Waals surface area contributed by atoms with Crippen molar-refractivity contribution in [3.63, 3.8) is 0 Å². The molecule has 0 unspecified atom stereocenters. The van der Waals surface area contributed by atoms with Crippen LogP contribution in [-0.4, -0.2) is 18.4 Å². The van der Waals surface area contributed by atoms with E-state index < -0.39 is 0 Å². The highest BCUT2D eigenvalue weighted by Crippen LogP contribution is 2.17. The number of ether oxygens (including phenoxy) is 1. The van der Waals surface area contributed by atoms with Crippen molar-refractivity contribution < 1.29 is 14.3 Å². The van der Waals surface area contributed by atoms with E-state index >= 15 is 0 Å². The van der Waals surface area contributed by atoms with Crippen LogP contribution in [0.2, 0.25) is 0 Å². The Labute approximate surface area is 189 Å². The van der Waals surface area contributed by atoms with Crippen LogP contribution in [0, 0.1) is 0 Å². The van der Waals surface area contributed by atoms with E-state index in [0.29, 0.717) is 29.1 Å². The predicted octanol–water partition coefficient (Wildman–Crippen LogP) is 6.54. The van der Waals surface area contributed by atoms with Crippen molar-refractivity contribution in [2.45, 2.75) is 39.0 Å². The number of carbonyl (C=O) groups is 2. The summed E-state index contributed by atoms with van der Waals surface area (Å²) in [4.78, 5) is 24.7. The Bertz CT molecular complexity index is 984. The summed E-state index contributed by atoms with van der Waals surface area (Å²) >= 11 is 0. The zero-order chi connectivity index (χ0) is 22.6. The molecular formula is C27H30N2O3. The number of nitrogens with one attached hydrogen (secondary N) is 2. The molecule has 5 nitrogen and oxygen atoms in total. The Balaban J connectivity index is 1.46. The van der Waals surface area contributed by atoms with Gasteiger partial charge in [0.1, 0.15) is 5.75 Å². The molecule has 0 fully saturated rings. The molecule has 0 aromatic heterocycles. The average molecular weight is 431 g/mol. The number of unbranched alkanes of at least 4 members (excludes halogenated alkanes) is 4. The molecule has 5 heteroatoms. The summed E-state index contributed by atoms with van der Waals surface area (Å²) < 4.78 is 5.75. The van der Waals surface area contributed by atoms with E-state index in [1.807, 2.05) is 30.3 Å². The number of anilines is 2. The fraction of sp³-hybridized carbons (Fsp3) is 0.259. The lowest BCUT2D eigenvalue weighted by Gasteiger charge is -2.09. The molecule has 0 aliphatic heterocycles. The van der Waals surface area contributed by atoms with Crippen molar-refractivity contribution in [3.05, 3.63) is 90.0 Å². The first-order valence-corrected chi connectivity index (χ1v) is 11.2. The standard InChI is InChI=1S/C27H30N2O3/c1-2-3-4-5-9-20-32-25-18-12-22(13-19-25)27(31)29-24-16-14-23(15-17-24)28-26(30)21-10-7-6-8-11-21/h6-8,10-19H,2-5,9,20H2,1H3,(H,28,30)(H,29,31). The SMILES string of the molecule is CCCCCCCOc1ccc(C(=O)Nc2ccc(NC(=O)c3ccccc3)cc2)cc1. The third-order valence-corrected chi connectivity index (χ3v) is 5.07. The first-order chi connectivity index (χ1) is 15.7. The summed E-state index contributed by atoms with van der Waals surface area (Å²) in [6, 6.07) is 23.2. The summed E-state index contributed by atoms with van der Waals surface area (Å²) in [6.45, 7) is 2.90. The summed E-state index contributed by atoms with van der Waals surface area (Å²) in [6.07, 6.45) is 5.99. The summed E-state index contributed by atoms with van der Waals surface area (Å²) in [5.74, 6) is 0.401. The van der Waals surface area contributed by atoms with Gasteiger partial charge >= 0.3 is 0 Å². The summed E-state index contributed by atoms with van der Waals surface area (Å²) in [5.41, 5.74) is 2.46. The molecule has 3 aromatic rings. The average Bonchev–Trinajstić information content (AvgIpc) is 2.83. The molecule has 0 saturated carbocycles. The highest BCUT2D eigenvalue weighted by molar-refractivity contribution is 6.05. The molecule has 32 heavy (non-hydrogen) atoms. The highest BCUT2D eigenvalue weighted by Gasteiger charge is 2.08. The molecule has 0 bridgehead atoms. The second kappa shape index (κ2) is 12.3. The van der Waals surface area contributed by atoms with Gasteiger partial charge < -0.3 is 15.4 Å². The maximum absolute atomic E-state index is 12.5. The molecule has 0 aliphatic carbocycles. The number of benzene rings is 3. The minimum atomic E-state index is -0.197. The lowest BCUT2D eigenvalue weighted by molar-refractivity contribution is 0.101. The van der Waals surface area contributed by atoms with E-state index in [1.165, 1.54) is 25.7 Å². The third-order valence-electron chi connectivity index (χ3n) is 5.07. The van der Waals surface area contributed by atoms with Gasteiger partial charge in [0.15, 0.2) is 0 Å². The Morgan fingerprint density at radius 3 is 1.75 bits per heavy atom. The van der Waals surface area contributed by atoms with Crippen LogP contribution in [0.1, 0.15) is 59.7 Å². The Hall–Kier alpha value is -3.60. The first-order valence-electron chi connectivity index (χ1n) is 11.2. The molecule has 0 radical (unpaired) electrons. The Kier molecular flexibility index (Phi) is 8.87.